The van der Waals surface area contributed by atoms with E-state index in [1.54, 1.807) is 7.11 Å². The molecule has 7 heterocycles. The van der Waals surface area contributed by atoms with E-state index < -0.39 is 16.9 Å². The summed E-state index contributed by atoms with van der Waals surface area (Å²) >= 11 is 0. The van der Waals surface area contributed by atoms with Gasteiger partial charge in [-0.2, -0.15) is 0 Å². The van der Waals surface area contributed by atoms with Crippen LogP contribution in [-0.2, 0) is 42.1 Å². The molecule has 0 radical (unpaired) electrons. The van der Waals surface area contributed by atoms with E-state index in [4.69, 9.17) is 18.9 Å². The van der Waals surface area contributed by atoms with Gasteiger partial charge in [-0.25, -0.2) is 0 Å². The molecule has 2 aromatic heterocycles. The van der Waals surface area contributed by atoms with Crippen LogP contribution in [0.25, 0.3) is 21.8 Å². The van der Waals surface area contributed by atoms with Gasteiger partial charge >= 0.3 is 11.9 Å². The van der Waals surface area contributed by atoms with Crippen molar-refractivity contribution in [1.82, 2.24) is 19.8 Å². The van der Waals surface area contributed by atoms with Crippen molar-refractivity contribution in [3.05, 3.63) is 76.1 Å². The molecule has 11 rings (SSSR count). The molecule has 2 unspecified atom stereocenters. The van der Waals surface area contributed by atoms with Crippen molar-refractivity contribution in [2.45, 2.75) is 75.5 Å². The molecule has 0 spiro atoms. The number of carbonyl (C=O) groups is 2. The molecule has 11 nitrogen and oxygen atoms in total. The summed E-state index contributed by atoms with van der Waals surface area (Å²) in [7, 11) is 4.73. The average Bonchev–Trinajstić information content (AvgIpc) is 3.73. The van der Waals surface area contributed by atoms with Gasteiger partial charge in [0.05, 0.1) is 46.3 Å². The number of aromatic nitrogens is 2. The summed E-state index contributed by atoms with van der Waals surface area (Å²) in [4.78, 5) is 41.6. The molecule has 1 saturated carbocycles. The summed E-state index contributed by atoms with van der Waals surface area (Å²) < 4.78 is 24.1. The number of fused-ring (bicyclic) bond motifs is 7. The number of benzene rings is 2. The lowest BCUT2D eigenvalue weighted by atomic mass is 9.56. The van der Waals surface area contributed by atoms with Gasteiger partial charge in [0.15, 0.2) is 0 Å². The maximum Gasteiger partial charge on any atom is 0.319 e. The Morgan fingerprint density at radius 3 is 2.60 bits per heavy atom. The van der Waals surface area contributed by atoms with E-state index in [0.29, 0.717) is 26.0 Å². The number of rotatable bonds is 5. The Balaban J connectivity index is 1.25. The number of nitrogens with zero attached hydrogens (tertiary/aromatic N) is 2. The lowest BCUT2D eigenvalue weighted by molar-refractivity contribution is -0.199. The van der Waals surface area contributed by atoms with Crippen molar-refractivity contribution in [2.24, 2.45) is 23.2 Å². The van der Waals surface area contributed by atoms with E-state index in [2.05, 4.69) is 69.2 Å². The molecule has 5 aliphatic heterocycles. The number of allylic oxidation sites excluding steroid dienone is 1. The van der Waals surface area contributed by atoms with Gasteiger partial charge in [0.1, 0.15) is 16.6 Å². The van der Waals surface area contributed by atoms with Crippen LogP contribution in [-0.4, -0.2) is 109 Å². The fourth-order valence-electron chi connectivity index (χ4n) is 12.9. The predicted molar refractivity (Wildman–Crippen MR) is 207 cm³/mol. The summed E-state index contributed by atoms with van der Waals surface area (Å²) in [5.41, 5.74) is 6.77. The summed E-state index contributed by atoms with van der Waals surface area (Å²) in [5, 5.41) is 13.4. The monoisotopic (exact) mass is 748 g/mol. The van der Waals surface area contributed by atoms with E-state index in [1.807, 2.05) is 6.92 Å². The fraction of sp³-hybridized carbons (Fsp3) is 0.545. The van der Waals surface area contributed by atoms with Gasteiger partial charge in [0, 0.05) is 82.7 Å². The lowest BCUT2D eigenvalue weighted by Crippen LogP contribution is -2.68. The first kappa shape index (κ1) is 35.3. The number of nitrogens with one attached hydrogen (secondary N) is 2. The Hall–Kier alpha value is -4.16. The second-order valence-electron chi connectivity index (χ2n) is 17.2. The minimum atomic E-state index is -0.952. The Kier molecular flexibility index (Phi) is 8.13. The molecule has 11 atom stereocenters. The Labute approximate surface area is 321 Å². The number of aliphatic hydroxyl groups is 1. The van der Waals surface area contributed by atoms with Crippen molar-refractivity contribution >= 4 is 33.7 Å². The Morgan fingerprint density at radius 1 is 1.02 bits per heavy atom. The third-order valence-electron chi connectivity index (χ3n) is 15.0. The van der Waals surface area contributed by atoms with Gasteiger partial charge in [0.2, 0.25) is 0 Å². The van der Waals surface area contributed by atoms with Crippen LogP contribution >= 0.6 is 0 Å². The average molecular weight is 749 g/mol. The van der Waals surface area contributed by atoms with E-state index in [1.165, 1.54) is 25.4 Å². The van der Waals surface area contributed by atoms with Gasteiger partial charge in [0.25, 0.3) is 0 Å². The Bertz CT molecular complexity index is 2260. The molecule has 5 fully saturated rings. The van der Waals surface area contributed by atoms with Crippen LogP contribution in [0.2, 0.25) is 0 Å². The number of H-pyrrole nitrogens is 2. The topological polar surface area (TPSA) is 129 Å². The normalized spacial score (nSPS) is 36.0. The van der Waals surface area contributed by atoms with E-state index >= 15 is 0 Å². The van der Waals surface area contributed by atoms with E-state index in [9.17, 15) is 14.7 Å². The highest BCUT2D eigenvalue weighted by molar-refractivity contribution is 5.95. The zero-order valence-corrected chi connectivity index (χ0v) is 32.4. The molecular formula is C44H52N4O7. The minimum absolute atomic E-state index is 0.0530. The summed E-state index contributed by atoms with van der Waals surface area (Å²) in [6.45, 7) is 7.15. The lowest BCUT2D eigenvalue weighted by Gasteiger charge is -2.58. The smallest absolute Gasteiger partial charge is 0.319 e. The predicted octanol–water partition coefficient (Wildman–Crippen LogP) is 5.19. The van der Waals surface area contributed by atoms with Gasteiger partial charge in [-0.1, -0.05) is 29.8 Å². The molecule has 7 aliphatic rings. The van der Waals surface area contributed by atoms with Crippen molar-refractivity contribution in [3.8, 4) is 5.75 Å². The van der Waals surface area contributed by atoms with Gasteiger partial charge in [-0.15, -0.1) is 0 Å². The molecule has 2 aromatic carbocycles. The summed E-state index contributed by atoms with van der Waals surface area (Å²) in [5.74, 6) is 0.107. The van der Waals surface area contributed by atoms with Crippen LogP contribution in [0.15, 0.2) is 48.0 Å². The number of aliphatic hydroxyl groups excluding tert-OH is 1. The number of piperidine rings is 3. The Morgan fingerprint density at radius 2 is 1.84 bits per heavy atom. The highest BCUT2D eigenvalue weighted by atomic mass is 16.5. The molecule has 8 bridgehead atoms. The highest BCUT2D eigenvalue weighted by Crippen LogP contribution is 2.59. The largest absolute Gasteiger partial charge is 0.496 e. The third kappa shape index (κ3) is 4.64. The van der Waals surface area contributed by atoms with Crippen LogP contribution in [0.4, 0.5) is 0 Å². The van der Waals surface area contributed by atoms with Crippen LogP contribution in [0.3, 0.4) is 0 Å². The number of methoxy groups -OCH3 is 3. The zero-order chi connectivity index (χ0) is 38.0. The quantitative estimate of drug-likeness (QED) is 0.187. The van der Waals surface area contributed by atoms with E-state index in [-0.39, 0.29) is 54.3 Å². The maximum atomic E-state index is 14.5. The molecular weight excluding hydrogens is 697 g/mol. The van der Waals surface area contributed by atoms with E-state index in [0.717, 1.165) is 82.5 Å². The third-order valence-corrected chi connectivity index (χ3v) is 15.0. The molecule has 55 heavy (non-hydrogen) atoms. The number of esters is 2. The van der Waals surface area contributed by atoms with Crippen molar-refractivity contribution in [2.75, 3.05) is 54.3 Å². The standard InChI is InChI=1S/C44H52N4O7/c1-6-25-20-48-22-55-21-44(42(51)54-5)32(25)16-31(37-30(17-35(44)48)26-9-7-8-10-33(26)45-37)36-34(52-3)12-11-27-28-13-14-47-19-24-15-29(23(2)49)40(47)43(18-24,41(50)53-4)39(28)46-38(27)36/h6-12,23-24,29,31-32,35,40,45-46,49H,13-22H2,1-5H3/b25-6-/t23-,24+,29+,31-,32-,35-,40-,43+,44-/m0/s1. The number of carbonyl (C=O) groups excluding carboxylic acids is 2. The molecule has 3 N–H and O–H groups in total. The van der Waals surface area contributed by atoms with Gasteiger partial charge in [-0.05, 0) is 81.2 Å². The molecule has 4 aromatic rings. The van der Waals surface area contributed by atoms with Crippen LogP contribution in [0, 0.1) is 23.2 Å². The van der Waals surface area contributed by atoms with Crippen molar-refractivity contribution < 1.29 is 33.6 Å². The van der Waals surface area contributed by atoms with Gasteiger partial charge < -0.3 is 34.0 Å². The first-order valence-corrected chi connectivity index (χ1v) is 20.1. The maximum absolute atomic E-state index is 14.5. The number of aromatic amines is 2. The molecule has 290 valence electrons. The number of ether oxygens (including phenoxy) is 4. The SMILES string of the molecule is C/C=C1/CN2COC[C@@]3(C(=O)OC)[C@@H]2Cc2c([nH]c4ccccc24)[C@H](c2c(OC)ccc4c5c([nH]c24)[C@]2(C(=O)OC)C[C@H]4C[C@H]([C@H](C)O)[C@@H]2N(CC5)C4)C[C@@H]13. The van der Waals surface area contributed by atoms with Gasteiger partial charge in [-0.3, -0.25) is 19.4 Å². The molecule has 11 heteroatoms. The summed E-state index contributed by atoms with van der Waals surface area (Å²) in [6.07, 6.45) is 5.26. The minimum Gasteiger partial charge on any atom is -0.496 e. The number of hydrogen-bond acceptors (Lipinski definition) is 9. The number of para-hydroxylation sites is 1. The first-order chi connectivity index (χ1) is 26.7. The second kappa shape index (κ2) is 12.7. The van der Waals surface area contributed by atoms with Crippen molar-refractivity contribution in [1.29, 1.82) is 0 Å². The highest BCUT2D eigenvalue weighted by Gasteiger charge is 2.65. The number of hydrogen-bond donors (Lipinski definition) is 3. The molecule has 2 aliphatic carbocycles. The first-order valence-electron chi connectivity index (χ1n) is 20.1. The van der Waals surface area contributed by atoms with Crippen molar-refractivity contribution in [3.63, 3.8) is 0 Å². The fourth-order valence-corrected chi connectivity index (χ4v) is 12.9. The molecule has 4 saturated heterocycles. The molecule has 0 amide bonds. The van der Waals surface area contributed by atoms with Crippen LogP contribution in [0.1, 0.15) is 67.1 Å². The zero-order valence-electron chi connectivity index (χ0n) is 32.4. The second-order valence-corrected chi connectivity index (χ2v) is 17.2. The van der Waals surface area contributed by atoms with Crippen LogP contribution < -0.4 is 4.74 Å². The van der Waals surface area contributed by atoms with Crippen LogP contribution in [0.5, 0.6) is 5.75 Å². The summed E-state index contributed by atoms with van der Waals surface area (Å²) in [6, 6.07) is 12.4.